The lowest BCUT2D eigenvalue weighted by Crippen LogP contribution is -2.50. The molecule has 0 fully saturated rings. The summed E-state index contributed by atoms with van der Waals surface area (Å²) in [5, 5.41) is 9.84. The minimum absolute atomic E-state index is 0.108. The van der Waals surface area contributed by atoms with Crippen LogP contribution in [0.4, 0.5) is 11.5 Å². The third kappa shape index (κ3) is 7.22. The van der Waals surface area contributed by atoms with Crippen LogP contribution in [-0.4, -0.2) is 28.4 Å². The Morgan fingerprint density at radius 2 is 1.76 bits per heavy atom. The fourth-order valence-corrected chi connectivity index (χ4v) is 4.19. The molecule has 3 amide bonds. The number of hydrogen-bond acceptors (Lipinski definition) is 5. The average Bonchev–Trinajstić information content (AvgIpc) is 3.27. The van der Waals surface area contributed by atoms with Gasteiger partial charge < -0.3 is 15.2 Å². The highest BCUT2D eigenvalue weighted by Gasteiger charge is 2.36. The Hall–Kier alpha value is -3.65. The first-order valence-electron chi connectivity index (χ1n) is 12.6. The van der Waals surface area contributed by atoms with Crippen LogP contribution in [0.1, 0.15) is 68.5 Å². The van der Waals surface area contributed by atoms with Crippen molar-refractivity contribution in [1.29, 1.82) is 0 Å². The second-order valence-corrected chi connectivity index (χ2v) is 10.5. The molecule has 2 aromatic carbocycles. The number of aromatic nitrogens is 1. The van der Waals surface area contributed by atoms with Gasteiger partial charge in [0, 0.05) is 40.7 Å². The predicted octanol–water partition coefficient (Wildman–Crippen LogP) is 6.05. The van der Waals surface area contributed by atoms with Gasteiger partial charge in [-0.2, -0.15) is 0 Å². The number of carbonyl (C=O) groups is 3. The fraction of sp³-hybridized carbons (Fsp3) is 0.379. The van der Waals surface area contributed by atoms with Gasteiger partial charge in [0.25, 0.3) is 0 Å². The lowest BCUT2D eigenvalue weighted by atomic mass is 9.97. The lowest BCUT2D eigenvalue weighted by Gasteiger charge is -2.36. The SMILES string of the molecule is CCC(C)(C)NC(=O)[C@@H](c1ccccc1Cl)N(C(=O)CCC(=O)Nc1cc(C)on1)c1cc(C)ccc1C. The molecule has 0 saturated heterocycles. The quantitative estimate of drug-likeness (QED) is 0.327. The molecule has 0 radical (unpaired) electrons. The molecule has 8 nitrogen and oxygen atoms in total. The van der Waals surface area contributed by atoms with E-state index in [0.717, 1.165) is 11.1 Å². The molecule has 0 saturated carbocycles. The van der Waals surface area contributed by atoms with Crippen molar-refractivity contribution in [3.63, 3.8) is 0 Å². The van der Waals surface area contributed by atoms with Crippen LogP contribution in [-0.2, 0) is 14.4 Å². The zero-order chi connectivity index (χ0) is 28.0. The number of rotatable bonds is 10. The number of benzene rings is 2. The molecular weight excluding hydrogens is 504 g/mol. The highest BCUT2D eigenvalue weighted by Crippen LogP contribution is 2.35. The molecular formula is C29H35ClN4O4. The summed E-state index contributed by atoms with van der Waals surface area (Å²) in [5.41, 5.74) is 2.30. The Morgan fingerprint density at radius 3 is 2.39 bits per heavy atom. The van der Waals surface area contributed by atoms with Gasteiger partial charge in [0.1, 0.15) is 11.8 Å². The van der Waals surface area contributed by atoms with E-state index in [1.165, 1.54) is 4.90 Å². The summed E-state index contributed by atoms with van der Waals surface area (Å²) in [6, 6.07) is 13.3. The average molecular weight is 539 g/mol. The predicted molar refractivity (Wildman–Crippen MR) is 149 cm³/mol. The highest BCUT2D eigenvalue weighted by molar-refractivity contribution is 6.31. The molecule has 0 unspecified atom stereocenters. The molecule has 202 valence electrons. The molecule has 0 aliphatic carbocycles. The Kier molecular flexibility index (Phi) is 9.33. The van der Waals surface area contributed by atoms with E-state index in [-0.39, 0.29) is 30.5 Å². The van der Waals surface area contributed by atoms with E-state index in [1.54, 1.807) is 37.3 Å². The van der Waals surface area contributed by atoms with Gasteiger partial charge in [-0.25, -0.2) is 0 Å². The van der Waals surface area contributed by atoms with E-state index >= 15 is 0 Å². The van der Waals surface area contributed by atoms with E-state index in [9.17, 15) is 14.4 Å². The number of aryl methyl sites for hydroxylation is 3. The maximum atomic E-state index is 13.9. The van der Waals surface area contributed by atoms with Gasteiger partial charge in [-0.15, -0.1) is 0 Å². The van der Waals surface area contributed by atoms with Gasteiger partial charge in [-0.3, -0.25) is 19.3 Å². The van der Waals surface area contributed by atoms with Crippen molar-refractivity contribution in [2.24, 2.45) is 0 Å². The molecule has 0 bridgehead atoms. The first kappa shape index (κ1) is 28.9. The minimum atomic E-state index is -1.05. The summed E-state index contributed by atoms with van der Waals surface area (Å²) in [6.45, 7) is 11.3. The first-order chi connectivity index (χ1) is 17.9. The lowest BCUT2D eigenvalue weighted by molar-refractivity contribution is -0.128. The number of halogens is 1. The van der Waals surface area contributed by atoms with Crippen LogP contribution >= 0.6 is 11.6 Å². The molecule has 3 rings (SSSR count). The van der Waals surface area contributed by atoms with Gasteiger partial charge in [0.15, 0.2) is 5.82 Å². The van der Waals surface area contributed by atoms with Crippen LogP contribution in [0.2, 0.25) is 5.02 Å². The summed E-state index contributed by atoms with van der Waals surface area (Å²) < 4.78 is 4.98. The molecule has 1 atom stereocenters. The molecule has 2 N–H and O–H groups in total. The normalized spacial score (nSPS) is 12.1. The summed E-state index contributed by atoms with van der Waals surface area (Å²) in [4.78, 5) is 41.9. The fourth-order valence-electron chi connectivity index (χ4n) is 3.95. The van der Waals surface area contributed by atoms with Crippen molar-refractivity contribution in [3.8, 4) is 0 Å². The Morgan fingerprint density at radius 1 is 1.05 bits per heavy atom. The molecule has 0 aliphatic heterocycles. The molecule has 0 spiro atoms. The topological polar surface area (TPSA) is 105 Å². The number of nitrogens with one attached hydrogen (secondary N) is 2. The second kappa shape index (κ2) is 12.3. The van der Waals surface area contributed by atoms with Crippen molar-refractivity contribution in [2.45, 2.75) is 72.4 Å². The summed E-state index contributed by atoms with van der Waals surface area (Å²) >= 11 is 6.60. The summed E-state index contributed by atoms with van der Waals surface area (Å²) in [5.74, 6) is -0.303. The zero-order valence-electron chi connectivity index (χ0n) is 22.7. The van der Waals surface area contributed by atoms with Crippen LogP contribution in [0.15, 0.2) is 53.1 Å². The van der Waals surface area contributed by atoms with E-state index in [2.05, 4.69) is 15.8 Å². The van der Waals surface area contributed by atoms with Crippen LogP contribution in [0.3, 0.4) is 0 Å². The van der Waals surface area contributed by atoms with Gasteiger partial charge in [-0.1, -0.05) is 54.0 Å². The van der Waals surface area contributed by atoms with Crippen molar-refractivity contribution in [1.82, 2.24) is 10.5 Å². The number of amides is 3. The first-order valence-corrected chi connectivity index (χ1v) is 13.0. The minimum Gasteiger partial charge on any atom is -0.360 e. The largest absolute Gasteiger partial charge is 0.360 e. The Bertz CT molecular complexity index is 1320. The van der Waals surface area contributed by atoms with Gasteiger partial charge in [0.2, 0.25) is 17.7 Å². The van der Waals surface area contributed by atoms with Crippen molar-refractivity contribution < 1.29 is 18.9 Å². The van der Waals surface area contributed by atoms with Crippen molar-refractivity contribution in [3.05, 3.63) is 76.0 Å². The number of hydrogen-bond donors (Lipinski definition) is 2. The van der Waals surface area contributed by atoms with Crippen LogP contribution in [0.5, 0.6) is 0 Å². The van der Waals surface area contributed by atoms with E-state index < -0.39 is 17.5 Å². The van der Waals surface area contributed by atoms with E-state index in [0.29, 0.717) is 28.5 Å². The van der Waals surface area contributed by atoms with Gasteiger partial charge in [0.05, 0.1) is 0 Å². The molecule has 3 aromatic rings. The third-order valence-electron chi connectivity index (χ3n) is 6.41. The van der Waals surface area contributed by atoms with Crippen molar-refractivity contribution >= 4 is 40.8 Å². The maximum absolute atomic E-state index is 13.9. The maximum Gasteiger partial charge on any atom is 0.248 e. The number of carbonyl (C=O) groups excluding carboxylic acids is 3. The molecule has 38 heavy (non-hydrogen) atoms. The summed E-state index contributed by atoms with van der Waals surface area (Å²) in [7, 11) is 0. The van der Waals surface area contributed by atoms with E-state index in [1.807, 2.05) is 52.8 Å². The third-order valence-corrected chi connectivity index (χ3v) is 6.75. The number of anilines is 2. The molecule has 9 heteroatoms. The van der Waals surface area contributed by atoms with Gasteiger partial charge >= 0.3 is 0 Å². The van der Waals surface area contributed by atoms with Gasteiger partial charge in [-0.05, 0) is 64.3 Å². The molecule has 1 aromatic heterocycles. The standard InChI is InChI=1S/C29H35ClN4O4/c1-7-29(5,6)32-28(37)27(21-10-8-9-11-22(21)30)34(23-16-18(2)12-13-19(23)3)26(36)15-14-25(35)31-24-17-20(4)38-33-24/h8-13,16-17,27H,7,14-15H2,1-6H3,(H,32,37)(H,31,33,35)/t27-/m1/s1. The van der Waals surface area contributed by atoms with Crippen LogP contribution in [0.25, 0.3) is 0 Å². The summed E-state index contributed by atoms with van der Waals surface area (Å²) in [6.07, 6.45) is 0.442. The highest BCUT2D eigenvalue weighted by atomic mass is 35.5. The van der Waals surface area contributed by atoms with Crippen LogP contribution < -0.4 is 15.5 Å². The second-order valence-electron chi connectivity index (χ2n) is 10.1. The molecule has 1 heterocycles. The Balaban J connectivity index is 2.03. The number of nitrogens with zero attached hydrogens (tertiary/aromatic N) is 2. The zero-order valence-corrected chi connectivity index (χ0v) is 23.5. The molecule has 0 aliphatic rings. The van der Waals surface area contributed by atoms with E-state index in [4.69, 9.17) is 16.1 Å². The van der Waals surface area contributed by atoms with Crippen LogP contribution in [0, 0.1) is 20.8 Å². The monoisotopic (exact) mass is 538 g/mol. The Labute approximate surface area is 228 Å². The van der Waals surface area contributed by atoms with Crippen molar-refractivity contribution in [2.75, 3.05) is 10.2 Å². The smallest absolute Gasteiger partial charge is 0.248 e.